The largest absolute Gasteiger partial charge is 0.503 e. The molecule has 0 saturated carbocycles. The average molecular weight is 349 g/mol. The van der Waals surface area contributed by atoms with Crippen molar-refractivity contribution in [3.8, 4) is 11.5 Å². The molecular formula is C15H13BrN2O3. The summed E-state index contributed by atoms with van der Waals surface area (Å²) in [5.74, 6) is 0.232. The molecular weight excluding hydrogens is 336 g/mol. The number of aromatic hydroxyl groups is 1. The zero-order chi connectivity index (χ0) is 15.0. The number of rotatable bonds is 2. The van der Waals surface area contributed by atoms with Gasteiger partial charge in [-0.05, 0) is 45.8 Å². The van der Waals surface area contributed by atoms with E-state index in [1.807, 2.05) is 18.2 Å². The van der Waals surface area contributed by atoms with E-state index in [4.69, 9.17) is 4.74 Å². The van der Waals surface area contributed by atoms with Gasteiger partial charge in [0.2, 0.25) is 0 Å². The summed E-state index contributed by atoms with van der Waals surface area (Å²) in [5.41, 5.74) is 2.16. The second-order valence-corrected chi connectivity index (χ2v) is 5.50. The fourth-order valence-corrected chi connectivity index (χ4v) is 2.75. The molecule has 5 nitrogen and oxygen atoms in total. The number of methoxy groups -OCH3 is 1. The Kier molecular flexibility index (Phi) is 3.47. The quantitative estimate of drug-likeness (QED) is 0.780. The third-order valence-electron chi connectivity index (χ3n) is 3.35. The van der Waals surface area contributed by atoms with E-state index < -0.39 is 6.17 Å². The SMILES string of the molecule is COc1cc(C2NC(=O)c3ccccc3N2)cc(Br)c1O. The molecule has 0 bridgehead atoms. The van der Waals surface area contributed by atoms with Crippen LogP contribution < -0.4 is 15.4 Å². The molecule has 1 amide bonds. The number of hydrogen-bond donors (Lipinski definition) is 3. The van der Waals surface area contributed by atoms with Crippen LogP contribution in [0.2, 0.25) is 0 Å². The second-order valence-electron chi connectivity index (χ2n) is 4.65. The molecule has 21 heavy (non-hydrogen) atoms. The molecule has 0 fully saturated rings. The number of amides is 1. The number of nitrogens with one attached hydrogen (secondary N) is 2. The van der Waals surface area contributed by atoms with Crippen molar-refractivity contribution < 1.29 is 14.6 Å². The number of ether oxygens (including phenoxy) is 1. The fraction of sp³-hybridized carbons (Fsp3) is 0.133. The lowest BCUT2D eigenvalue weighted by atomic mass is 10.1. The lowest BCUT2D eigenvalue weighted by Gasteiger charge is -2.28. The van der Waals surface area contributed by atoms with Gasteiger partial charge in [-0.2, -0.15) is 0 Å². The van der Waals surface area contributed by atoms with Crippen LogP contribution in [0.15, 0.2) is 40.9 Å². The minimum atomic E-state index is -0.391. The van der Waals surface area contributed by atoms with E-state index >= 15 is 0 Å². The van der Waals surface area contributed by atoms with E-state index in [2.05, 4.69) is 26.6 Å². The summed E-state index contributed by atoms with van der Waals surface area (Å²) in [6, 6.07) is 10.7. The Morgan fingerprint density at radius 2 is 2.00 bits per heavy atom. The first kappa shape index (κ1) is 13.8. The van der Waals surface area contributed by atoms with Crippen LogP contribution in [-0.2, 0) is 0 Å². The summed E-state index contributed by atoms with van der Waals surface area (Å²) < 4.78 is 5.64. The molecule has 3 rings (SSSR count). The van der Waals surface area contributed by atoms with Gasteiger partial charge in [0.25, 0.3) is 5.91 Å². The Morgan fingerprint density at radius 1 is 1.24 bits per heavy atom. The van der Waals surface area contributed by atoms with Crippen LogP contribution >= 0.6 is 15.9 Å². The van der Waals surface area contributed by atoms with Crippen LogP contribution in [0.4, 0.5) is 5.69 Å². The summed E-state index contributed by atoms with van der Waals surface area (Å²) in [4.78, 5) is 12.1. The maximum absolute atomic E-state index is 12.1. The van der Waals surface area contributed by atoms with Crippen LogP contribution in [0, 0.1) is 0 Å². The molecule has 1 atom stereocenters. The fourth-order valence-electron chi connectivity index (χ4n) is 2.29. The van der Waals surface area contributed by atoms with Gasteiger partial charge < -0.3 is 20.5 Å². The van der Waals surface area contributed by atoms with Crippen molar-refractivity contribution in [1.29, 1.82) is 0 Å². The van der Waals surface area contributed by atoms with Gasteiger partial charge >= 0.3 is 0 Å². The van der Waals surface area contributed by atoms with Crippen molar-refractivity contribution in [1.82, 2.24) is 5.32 Å². The van der Waals surface area contributed by atoms with Gasteiger partial charge in [0.15, 0.2) is 11.5 Å². The van der Waals surface area contributed by atoms with Crippen molar-refractivity contribution in [2.45, 2.75) is 6.17 Å². The molecule has 6 heteroatoms. The lowest BCUT2D eigenvalue weighted by molar-refractivity contribution is 0.0935. The van der Waals surface area contributed by atoms with E-state index in [0.717, 1.165) is 11.3 Å². The number of para-hydroxylation sites is 1. The maximum Gasteiger partial charge on any atom is 0.255 e. The number of phenols is 1. The van der Waals surface area contributed by atoms with Gasteiger partial charge in [-0.25, -0.2) is 0 Å². The molecule has 0 aromatic heterocycles. The van der Waals surface area contributed by atoms with Crippen LogP contribution in [0.25, 0.3) is 0 Å². The van der Waals surface area contributed by atoms with E-state index in [1.54, 1.807) is 18.2 Å². The molecule has 108 valence electrons. The van der Waals surface area contributed by atoms with E-state index in [9.17, 15) is 9.90 Å². The Hall–Kier alpha value is -2.21. The zero-order valence-electron chi connectivity index (χ0n) is 11.2. The van der Waals surface area contributed by atoms with Gasteiger partial charge in [0.05, 0.1) is 17.1 Å². The number of carbonyl (C=O) groups excluding carboxylic acids is 1. The minimum absolute atomic E-state index is 0.0313. The number of hydrogen-bond acceptors (Lipinski definition) is 4. The molecule has 1 aliphatic rings. The molecule has 2 aromatic rings. The van der Waals surface area contributed by atoms with Crippen LogP contribution in [0.3, 0.4) is 0 Å². The molecule has 0 aliphatic carbocycles. The van der Waals surface area contributed by atoms with Gasteiger partial charge in [0.1, 0.15) is 6.17 Å². The third-order valence-corrected chi connectivity index (χ3v) is 3.96. The first-order valence-electron chi connectivity index (χ1n) is 6.33. The minimum Gasteiger partial charge on any atom is -0.503 e. The van der Waals surface area contributed by atoms with Crippen molar-refractivity contribution in [3.63, 3.8) is 0 Å². The predicted molar refractivity (Wildman–Crippen MR) is 82.6 cm³/mol. The topological polar surface area (TPSA) is 70.6 Å². The van der Waals surface area contributed by atoms with Crippen molar-refractivity contribution in [2.75, 3.05) is 12.4 Å². The number of carbonyl (C=O) groups is 1. The molecule has 2 aromatic carbocycles. The lowest BCUT2D eigenvalue weighted by Crippen LogP contribution is -2.38. The highest BCUT2D eigenvalue weighted by atomic mass is 79.9. The predicted octanol–water partition coefficient (Wildman–Crippen LogP) is 3.02. The summed E-state index contributed by atoms with van der Waals surface area (Å²) in [7, 11) is 1.48. The Labute approximate surface area is 130 Å². The van der Waals surface area contributed by atoms with Crippen molar-refractivity contribution >= 4 is 27.5 Å². The van der Waals surface area contributed by atoms with Gasteiger partial charge in [0, 0.05) is 5.69 Å². The van der Waals surface area contributed by atoms with Crippen molar-refractivity contribution in [2.24, 2.45) is 0 Å². The summed E-state index contributed by atoms with van der Waals surface area (Å²) in [6.07, 6.45) is -0.391. The maximum atomic E-state index is 12.1. The highest BCUT2D eigenvalue weighted by Crippen LogP contribution is 2.38. The van der Waals surface area contributed by atoms with E-state index in [-0.39, 0.29) is 11.7 Å². The smallest absolute Gasteiger partial charge is 0.255 e. The summed E-state index contributed by atoms with van der Waals surface area (Å²) in [6.45, 7) is 0. The number of fused-ring (bicyclic) bond motifs is 1. The molecule has 0 spiro atoms. The summed E-state index contributed by atoms with van der Waals surface area (Å²) >= 11 is 3.28. The Balaban J connectivity index is 2.00. The van der Waals surface area contributed by atoms with E-state index in [1.165, 1.54) is 7.11 Å². The summed E-state index contributed by atoms with van der Waals surface area (Å²) in [5, 5.41) is 16.0. The standard InChI is InChI=1S/C15H13BrN2O3/c1-21-12-7-8(6-10(16)13(12)19)14-17-11-5-3-2-4-9(11)15(20)18-14/h2-7,14,17,19H,1H3,(H,18,20). The van der Waals surface area contributed by atoms with Gasteiger partial charge in [-0.15, -0.1) is 0 Å². The highest BCUT2D eigenvalue weighted by Gasteiger charge is 2.25. The van der Waals surface area contributed by atoms with Gasteiger partial charge in [-0.1, -0.05) is 12.1 Å². The Bertz CT molecular complexity index is 718. The van der Waals surface area contributed by atoms with Crippen molar-refractivity contribution in [3.05, 3.63) is 52.0 Å². The molecule has 1 aliphatic heterocycles. The first-order chi connectivity index (χ1) is 10.1. The third kappa shape index (κ3) is 2.42. The monoisotopic (exact) mass is 348 g/mol. The molecule has 3 N–H and O–H groups in total. The molecule has 1 unspecified atom stereocenters. The zero-order valence-corrected chi connectivity index (χ0v) is 12.8. The molecule has 0 radical (unpaired) electrons. The second kappa shape index (κ2) is 5.29. The number of phenolic OH excluding ortho intramolecular Hbond substituents is 1. The highest BCUT2D eigenvalue weighted by molar-refractivity contribution is 9.10. The Morgan fingerprint density at radius 3 is 2.76 bits per heavy atom. The van der Waals surface area contributed by atoms with Gasteiger partial charge in [-0.3, -0.25) is 4.79 Å². The normalized spacial score (nSPS) is 16.7. The van der Waals surface area contributed by atoms with Crippen LogP contribution in [-0.4, -0.2) is 18.1 Å². The van der Waals surface area contributed by atoms with E-state index in [0.29, 0.717) is 15.8 Å². The van der Waals surface area contributed by atoms with Crippen LogP contribution in [0.1, 0.15) is 22.1 Å². The average Bonchev–Trinajstić information content (AvgIpc) is 2.50. The first-order valence-corrected chi connectivity index (χ1v) is 7.12. The number of benzene rings is 2. The van der Waals surface area contributed by atoms with Crippen LogP contribution in [0.5, 0.6) is 11.5 Å². The molecule has 1 heterocycles. The number of halogens is 1. The number of anilines is 1. The molecule has 0 saturated heterocycles.